The molecule has 1 unspecified atom stereocenters. The zero-order chi connectivity index (χ0) is 12.3. The highest BCUT2D eigenvalue weighted by molar-refractivity contribution is 6.30. The Morgan fingerprint density at radius 2 is 2.12 bits per heavy atom. The van der Waals surface area contributed by atoms with E-state index in [2.05, 4.69) is 0 Å². The zero-order valence-corrected chi connectivity index (χ0v) is 9.96. The molecule has 0 aliphatic carbocycles. The molecule has 0 saturated heterocycles. The number of carboxylic acids is 1. The number of carboxylic acid groups (broad SMARTS) is 1. The van der Waals surface area contributed by atoms with E-state index in [-0.39, 0.29) is 23.3 Å². The van der Waals surface area contributed by atoms with Crippen LogP contribution in [0.5, 0.6) is 0 Å². The molecule has 0 fully saturated rings. The number of hydrogen-bond donors (Lipinski definition) is 1. The third-order valence-corrected chi connectivity index (χ3v) is 2.86. The van der Waals surface area contributed by atoms with E-state index >= 15 is 0 Å². The van der Waals surface area contributed by atoms with E-state index < -0.39 is 11.8 Å². The average Bonchev–Trinajstić information content (AvgIpc) is 2.18. The standard InChI is InChI=1S/C12H14ClFO2/c1-7(2)9(6-12(15)16)8-3-4-11(14)10(13)5-8/h3-5,7,9H,6H2,1-2H3,(H,15,16). The maximum absolute atomic E-state index is 13.0. The van der Waals surface area contributed by atoms with E-state index in [0.717, 1.165) is 5.56 Å². The molecule has 1 rings (SSSR count). The second kappa shape index (κ2) is 5.30. The van der Waals surface area contributed by atoms with E-state index in [1.54, 1.807) is 6.07 Å². The van der Waals surface area contributed by atoms with Gasteiger partial charge in [0.2, 0.25) is 0 Å². The van der Waals surface area contributed by atoms with Crippen LogP contribution in [0.3, 0.4) is 0 Å². The van der Waals surface area contributed by atoms with Gasteiger partial charge in [-0.2, -0.15) is 0 Å². The lowest BCUT2D eigenvalue weighted by atomic mass is 9.86. The van der Waals surface area contributed by atoms with Crippen LogP contribution in [-0.2, 0) is 4.79 Å². The van der Waals surface area contributed by atoms with Gasteiger partial charge in [0.25, 0.3) is 0 Å². The van der Waals surface area contributed by atoms with Crippen molar-refractivity contribution in [3.63, 3.8) is 0 Å². The van der Waals surface area contributed by atoms with Crippen LogP contribution in [0.1, 0.15) is 31.7 Å². The Hall–Kier alpha value is -1.09. The minimum Gasteiger partial charge on any atom is -0.481 e. The molecule has 0 heterocycles. The predicted octanol–water partition coefficient (Wildman–Crippen LogP) is 3.69. The van der Waals surface area contributed by atoms with Gasteiger partial charge >= 0.3 is 5.97 Å². The van der Waals surface area contributed by atoms with Crippen molar-refractivity contribution in [3.8, 4) is 0 Å². The van der Waals surface area contributed by atoms with Gasteiger partial charge < -0.3 is 5.11 Å². The second-order valence-corrected chi connectivity index (χ2v) is 4.53. The van der Waals surface area contributed by atoms with Gasteiger partial charge in [0.1, 0.15) is 5.82 Å². The Morgan fingerprint density at radius 3 is 2.56 bits per heavy atom. The van der Waals surface area contributed by atoms with Gasteiger partial charge in [-0.15, -0.1) is 0 Å². The third-order valence-electron chi connectivity index (χ3n) is 2.57. The summed E-state index contributed by atoms with van der Waals surface area (Å²) in [7, 11) is 0. The van der Waals surface area contributed by atoms with E-state index in [1.807, 2.05) is 13.8 Å². The quantitative estimate of drug-likeness (QED) is 0.877. The highest BCUT2D eigenvalue weighted by Crippen LogP contribution is 2.30. The van der Waals surface area contributed by atoms with Crippen molar-refractivity contribution < 1.29 is 14.3 Å². The Balaban J connectivity index is 3.01. The van der Waals surface area contributed by atoms with Crippen molar-refractivity contribution in [2.75, 3.05) is 0 Å². The van der Waals surface area contributed by atoms with Crippen LogP contribution in [0.2, 0.25) is 5.02 Å². The van der Waals surface area contributed by atoms with E-state index in [0.29, 0.717) is 0 Å². The molecule has 0 radical (unpaired) electrons. The van der Waals surface area contributed by atoms with Gasteiger partial charge in [-0.3, -0.25) is 4.79 Å². The molecule has 0 aliphatic heterocycles. The molecule has 1 aromatic rings. The summed E-state index contributed by atoms with van der Waals surface area (Å²) in [6.45, 7) is 3.87. The Kier molecular flexibility index (Phi) is 4.30. The first-order valence-corrected chi connectivity index (χ1v) is 5.46. The monoisotopic (exact) mass is 244 g/mol. The Labute approximate surface area is 99.0 Å². The van der Waals surface area contributed by atoms with Crippen molar-refractivity contribution in [2.24, 2.45) is 5.92 Å². The highest BCUT2D eigenvalue weighted by Gasteiger charge is 2.20. The minimum atomic E-state index is -0.862. The lowest BCUT2D eigenvalue weighted by Crippen LogP contribution is -2.12. The lowest BCUT2D eigenvalue weighted by molar-refractivity contribution is -0.137. The molecule has 1 atom stereocenters. The summed E-state index contributed by atoms with van der Waals surface area (Å²) in [6, 6.07) is 4.37. The van der Waals surface area contributed by atoms with Crippen LogP contribution in [0.15, 0.2) is 18.2 Å². The summed E-state index contributed by atoms with van der Waals surface area (Å²) in [5.74, 6) is -1.32. The number of benzene rings is 1. The molecule has 0 aromatic heterocycles. The zero-order valence-electron chi connectivity index (χ0n) is 9.21. The van der Waals surface area contributed by atoms with Gasteiger partial charge in [0, 0.05) is 0 Å². The number of rotatable bonds is 4. The normalized spacial score (nSPS) is 12.8. The molecule has 2 nitrogen and oxygen atoms in total. The number of aliphatic carboxylic acids is 1. The molecule has 0 spiro atoms. The summed E-state index contributed by atoms with van der Waals surface area (Å²) in [6.07, 6.45) is 0.0274. The largest absolute Gasteiger partial charge is 0.481 e. The fraction of sp³-hybridized carbons (Fsp3) is 0.417. The van der Waals surface area contributed by atoms with Crippen molar-refractivity contribution in [1.29, 1.82) is 0 Å². The van der Waals surface area contributed by atoms with Gasteiger partial charge in [-0.1, -0.05) is 31.5 Å². The van der Waals surface area contributed by atoms with E-state index in [9.17, 15) is 9.18 Å². The average molecular weight is 245 g/mol. The minimum absolute atomic E-state index is 0.0274. The molecule has 1 aromatic carbocycles. The molecule has 0 saturated carbocycles. The van der Waals surface area contributed by atoms with Gasteiger partial charge in [0.15, 0.2) is 0 Å². The first kappa shape index (κ1) is 13.0. The van der Waals surface area contributed by atoms with Crippen LogP contribution in [-0.4, -0.2) is 11.1 Å². The summed E-state index contributed by atoms with van der Waals surface area (Å²) in [4.78, 5) is 10.7. The van der Waals surface area contributed by atoms with Gasteiger partial charge in [-0.25, -0.2) is 4.39 Å². The fourth-order valence-electron chi connectivity index (χ4n) is 1.67. The Morgan fingerprint density at radius 1 is 1.50 bits per heavy atom. The van der Waals surface area contributed by atoms with Gasteiger partial charge in [-0.05, 0) is 29.5 Å². The summed E-state index contributed by atoms with van der Waals surface area (Å²) < 4.78 is 13.0. The Bertz CT molecular complexity index is 391. The van der Waals surface area contributed by atoms with Crippen LogP contribution < -0.4 is 0 Å². The molecule has 1 N–H and O–H groups in total. The predicted molar refractivity (Wildman–Crippen MR) is 61.2 cm³/mol. The maximum Gasteiger partial charge on any atom is 0.303 e. The first-order chi connectivity index (χ1) is 7.41. The molecule has 88 valence electrons. The summed E-state index contributed by atoms with van der Waals surface area (Å²) >= 11 is 5.68. The SMILES string of the molecule is CC(C)C(CC(=O)O)c1ccc(F)c(Cl)c1. The number of hydrogen-bond acceptors (Lipinski definition) is 1. The lowest BCUT2D eigenvalue weighted by Gasteiger charge is -2.19. The summed E-state index contributed by atoms with van der Waals surface area (Å²) in [5.41, 5.74) is 0.767. The molecule has 16 heavy (non-hydrogen) atoms. The first-order valence-electron chi connectivity index (χ1n) is 5.08. The van der Waals surface area contributed by atoms with Crippen molar-refractivity contribution in [3.05, 3.63) is 34.6 Å². The molecule has 0 bridgehead atoms. The molecular weight excluding hydrogens is 231 g/mol. The molecule has 0 aliphatic rings. The number of halogens is 2. The van der Waals surface area contributed by atoms with Crippen LogP contribution in [0.25, 0.3) is 0 Å². The number of carbonyl (C=O) groups is 1. The van der Waals surface area contributed by atoms with Crippen LogP contribution in [0, 0.1) is 11.7 Å². The van der Waals surface area contributed by atoms with Crippen molar-refractivity contribution >= 4 is 17.6 Å². The topological polar surface area (TPSA) is 37.3 Å². The summed E-state index contributed by atoms with van der Waals surface area (Å²) in [5, 5.41) is 8.85. The smallest absolute Gasteiger partial charge is 0.303 e. The van der Waals surface area contributed by atoms with E-state index in [4.69, 9.17) is 16.7 Å². The van der Waals surface area contributed by atoms with Gasteiger partial charge in [0.05, 0.1) is 11.4 Å². The second-order valence-electron chi connectivity index (χ2n) is 4.12. The highest BCUT2D eigenvalue weighted by atomic mass is 35.5. The van der Waals surface area contributed by atoms with Crippen LogP contribution in [0.4, 0.5) is 4.39 Å². The van der Waals surface area contributed by atoms with Crippen molar-refractivity contribution in [1.82, 2.24) is 0 Å². The fourth-order valence-corrected chi connectivity index (χ4v) is 1.86. The molecular formula is C12H14ClFO2. The van der Waals surface area contributed by atoms with Crippen molar-refractivity contribution in [2.45, 2.75) is 26.2 Å². The van der Waals surface area contributed by atoms with Crippen LogP contribution >= 0.6 is 11.6 Å². The molecule has 0 amide bonds. The van der Waals surface area contributed by atoms with E-state index in [1.165, 1.54) is 12.1 Å². The molecule has 4 heteroatoms. The maximum atomic E-state index is 13.0. The third kappa shape index (κ3) is 3.20.